The number of aliphatic carboxylic acids is 1. The lowest BCUT2D eigenvalue weighted by Gasteiger charge is -2.36. The molecule has 0 amide bonds. The highest BCUT2D eigenvalue weighted by molar-refractivity contribution is 5.95. The zero-order valence-electron chi connectivity index (χ0n) is 12.2. The first-order valence-electron chi connectivity index (χ1n) is 6.39. The molecule has 1 aromatic heterocycles. The third-order valence-electron chi connectivity index (χ3n) is 2.64. The van der Waals surface area contributed by atoms with Crippen molar-refractivity contribution < 1.29 is 19.4 Å². The summed E-state index contributed by atoms with van der Waals surface area (Å²) < 4.78 is 4.98. The second-order valence-electron chi connectivity index (χ2n) is 5.25. The van der Waals surface area contributed by atoms with Gasteiger partial charge in [-0.15, -0.1) is 0 Å². The van der Waals surface area contributed by atoms with Crippen molar-refractivity contribution in [1.82, 2.24) is 4.98 Å². The van der Waals surface area contributed by atoms with E-state index in [1.165, 1.54) is 6.20 Å². The Morgan fingerprint density at radius 1 is 1.40 bits per heavy atom. The summed E-state index contributed by atoms with van der Waals surface area (Å²) in [5.41, 5.74) is -0.223. The third kappa shape index (κ3) is 3.94. The number of carboxylic acids is 1. The van der Waals surface area contributed by atoms with Crippen LogP contribution >= 0.6 is 0 Å². The average molecular weight is 280 g/mol. The van der Waals surface area contributed by atoms with E-state index in [1.54, 1.807) is 24.0 Å². The Morgan fingerprint density at radius 3 is 2.55 bits per heavy atom. The maximum Gasteiger partial charge on any atom is 0.341 e. The van der Waals surface area contributed by atoms with Crippen LogP contribution in [0.4, 0.5) is 5.82 Å². The molecule has 1 aromatic rings. The van der Waals surface area contributed by atoms with Gasteiger partial charge >= 0.3 is 11.9 Å². The van der Waals surface area contributed by atoms with Crippen LogP contribution in [0.5, 0.6) is 0 Å². The number of carboxylic acid groups (broad SMARTS) is 1. The summed E-state index contributed by atoms with van der Waals surface area (Å²) in [6, 6.07) is 3.21. The Morgan fingerprint density at radius 2 is 2.05 bits per heavy atom. The molecule has 0 saturated heterocycles. The largest absolute Gasteiger partial charge is 0.480 e. The van der Waals surface area contributed by atoms with Gasteiger partial charge in [0.15, 0.2) is 0 Å². The van der Waals surface area contributed by atoms with Crippen LogP contribution in [0, 0.1) is 0 Å². The smallest absolute Gasteiger partial charge is 0.341 e. The number of nitrogens with zero attached hydrogens (tertiary/aromatic N) is 2. The Hall–Kier alpha value is -2.11. The maximum atomic E-state index is 11.9. The molecule has 0 aromatic carbocycles. The SMILES string of the molecule is CCOC(=O)c1cccnc1N(CC(=O)O)C(C)(C)C. The summed E-state index contributed by atoms with van der Waals surface area (Å²) in [5, 5.41) is 9.06. The summed E-state index contributed by atoms with van der Waals surface area (Å²) in [6.07, 6.45) is 1.53. The van der Waals surface area contributed by atoms with Crippen molar-refractivity contribution in [1.29, 1.82) is 0 Å². The number of esters is 1. The number of carbonyl (C=O) groups is 2. The molecule has 110 valence electrons. The number of hydrogen-bond acceptors (Lipinski definition) is 5. The number of aromatic nitrogens is 1. The van der Waals surface area contributed by atoms with Crippen LogP contribution in [0.15, 0.2) is 18.3 Å². The lowest BCUT2D eigenvalue weighted by molar-refractivity contribution is -0.135. The standard InChI is InChI=1S/C14H20N2O4/c1-5-20-13(19)10-7-6-8-15-12(10)16(9-11(17)18)14(2,3)4/h6-8H,5,9H2,1-4H3,(H,17,18). The van der Waals surface area contributed by atoms with Gasteiger partial charge in [-0.25, -0.2) is 9.78 Å². The molecule has 0 saturated carbocycles. The number of hydrogen-bond donors (Lipinski definition) is 1. The van der Waals surface area contributed by atoms with E-state index in [2.05, 4.69) is 4.98 Å². The van der Waals surface area contributed by atoms with Crippen LogP contribution in [0.3, 0.4) is 0 Å². The lowest BCUT2D eigenvalue weighted by atomic mass is 10.0. The molecule has 1 N–H and O–H groups in total. The molecule has 0 aliphatic carbocycles. The molecule has 1 heterocycles. The van der Waals surface area contributed by atoms with Crippen LogP contribution in [0.25, 0.3) is 0 Å². The lowest BCUT2D eigenvalue weighted by Crippen LogP contribution is -2.46. The van der Waals surface area contributed by atoms with Crippen molar-refractivity contribution in [2.75, 3.05) is 18.1 Å². The minimum Gasteiger partial charge on any atom is -0.480 e. The summed E-state index contributed by atoms with van der Waals surface area (Å²) in [5.74, 6) is -1.17. The molecule has 0 spiro atoms. The molecule has 0 bridgehead atoms. The number of pyridine rings is 1. The normalized spacial score (nSPS) is 11.0. The zero-order valence-corrected chi connectivity index (χ0v) is 12.2. The van der Waals surface area contributed by atoms with Gasteiger partial charge in [-0.2, -0.15) is 0 Å². The van der Waals surface area contributed by atoms with E-state index < -0.39 is 17.5 Å². The van der Waals surface area contributed by atoms with Gasteiger partial charge in [0.25, 0.3) is 0 Å². The second kappa shape index (κ2) is 6.36. The van der Waals surface area contributed by atoms with E-state index in [4.69, 9.17) is 9.84 Å². The van der Waals surface area contributed by atoms with Crippen molar-refractivity contribution in [3.63, 3.8) is 0 Å². The van der Waals surface area contributed by atoms with Gasteiger partial charge in [-0.1, -0.05) is 0 Å². The van der Waals surface area contributed by atoms with Crippen LogP contribution in [-0.4, -0.2) is 40.7 Å². The molecule has 0 atom stereocenters. The van der Waals surface area contributed by atoms with E-state index in [9.17, 15) is 9.59 Å². The molecular weight excluding hydrogens is 260 g/mol. The van der Waals surface area contributed by atoms with E-state index in [1.807, 2.05) is 20.8 Å². The van der Waals surface area contributed by atoms with Gasteiger partial charge < -0.3 is 14.7 Å². The fraction of sp³-hybridized carbons (Fsp3) is 0.500. The van der Waals surface area contributed by atoms with Crippen LogP contribution in [0.1, 0.15) is 38.1 Å². The number of carbonyl (C=O) groups excluding carboxylic acids is 1. The summed E-state index contributed by atoms with van der Waals surface area (Å²) in [6.45, 7) is 7.31. The van der Waals surface area contributed by atoms with Gasteiger partial charge in [0.2, 0.25) is 0 Å². The fourth-order valence-electron chi connectivity index (χ4n) is 1.75. The topological polar surface area (TPSA) is 79.7 Å². The Bertz CT molecular complexity index is 494. The molecule has 20 heavy (non-hydrogen) atoms. The fourth-order valence-corrected chi connectivity index (χ4v) is 1.75. The molecule has 0 fully saturated rings. The van der Waals surface area contributed by atoms with Gasteiger partial charge in [0.05, 0.1) is 6.61 Å². The summed E-state index contributed by atoms with van der Waals surface area (Å²) in [4.78, 5) is 28.7. The van der Waals surface area contributed by atoms with Crippen molar-refractivity contribution in [3.8, 4) is 0 Å². The Kier molecular flexibility index (Phi) is 5.07. The van der Waals surface area contributed by atoms with Crippen molar-refractivity contribution >= 4 is 17.8 Å². The number of anilines is 1. The number of ether oxygens (including phenoxy) is 1. The van der Waals surface area contributed by atoms with E-state index in [-0.39, 0.29) is 18.7 Å². The molecular formula is C14H20N2O4. The monoisotopic (exact) mass is 280 g/mol. The minimum atomic E-state index is -0.986. The quantitative estimate of drug-likeness (QED) is 0.830. The second-order valence-corrected chi connectivity index (χ2v) is 5.25. The molecule has 1 rings (SSSR count). The molecule has 6 heteroatoms. The first-order chi connectivity index (χ1) is 9.27. The molecule has 0 radical (unpaired) electrons. The zero-order chi connectivity index (χ0) is 15.3. The Balaban J connectivity index is 3.26. The van der Waals surface area contributed by atoms with Crippen molar-refractivity contribution in [2.24, 2.45) is 0 Å². The van der Waals surface area contributed by atoms with E-state index in [0.717, 1.165) is 0 Å². The van der Waals surface area contributed by atoms with Gasteiger partial charge in [-0.05, 0) is 39.8 Å². The van der Waals surface area contributed by atoms with Crippen molar-refractivity contribution in [3.05, 3.63) is 23.9 Å². The number of rotatable bonds is 5. The molecule has 0 unspecified atom stereocenters. The van der Waals surface area contributed by atoms with E-state index in [0.29, 0.717) is 5.82 Å². The third-order valence-corrected chi connectivity index (χ3v) is 2.64. The predicted octanol–water partition coefficient (Wildman–Crippen LogP) is 1.95. The van der Waals surface area contributed by atoms with Crippen LogP contribution in [-0.2, 0) is 9.53 Å². The summed E-state index contributed by atoms with van der Waals surface area (Å²) >= 11 is 0. The first-order valence-corrected chi connectivity index (χ1v) is 6.39. The van der Waals surface area contributed by atoms with Gasteiger partial charge in [0.1, 0.15) is 17.9 Å². The minimum absolute atomic E-state index is 0.243. The van der Waals surface area contributed by atoms with Gasteiger partial charge in [0, 0.05) is 11.7 Å². The molecule has 6 nitrogen and oxygen atoms in total. The maximum absolute atomic E-state index is 11.9. The predicted molar refractivity (Wildman–Crippen MR) is 74.9 cm³/mol. The highest BCUT2D eigenvalue weighted by Gasteiger charge is 2.29. The first kappa shape index (κ1) is 15.9. The van der Waals surface area contributed by atoms with E-state index >= 15 is 0 Å². The summed E-state index contributed by atoms with van der Waals surface area (Å²) in [7, 11) is 0. The Labute approximate surface area is 118 Å². The average Bonchev–Trinajstić information content (AvgIpc) is 2.35. The molecule has 0 aliphatic rings. The molecule has 0 aliphatic heterocycles. The van der Waals surface area contributed by atoms with Crippen LogP contribution < -0.4 is 4.90 Å². The van der Waals surface area contributed by atoms with Crippen LogP contribution in [0.2, 0.25) is 0 Å². The van der Waals surface area contributed by atoms with Gasteiger partial charge in [-0.3, -0.25) is 4.79 Å². The van der Waals surface area contributed by atoms with Crippen molar-refractivity contribution in [2.45, 2.75) is 33.2 Å². The highest BCUT2D eigenvalue weighted by Crippen LogP contribution is 2.25. The highest BCUT2D eigenvalue weighted by atomic mass is 16.5.